The van der Waals surface area contributed by atoms with Crippen LogP contribution < -0.4 is 5.32 Å². The summed E-state index contributed by atoms with van der Waals surface area (Å²) in [7, 11) is 0. The number of carboxylic acid groups (broad SMARTS) is 1. The number of hydrogen-bond acceptors (Lipinski definition) is 3. The lowest BCUT2D eigenvalue weighted by atomic mass is 9.84. The third-order valence-corrected chi connectivity index (χ3v) is 5.59. The van der Waals surface area contributed by atoms with Crippen molar-refractivity contribution in [3.8, 4) is 0 Å². The van der Waals surface area contributed by atoms with E-state index in [-0.39, 0.29) is 18.0 Å². The molecule has 0 bridgehead atoms. The van der Waals surface area contributed by atoms with Gasteiger partial charge in [0.25, 0.3) is 0 Å². The highest BCUT2D eigenvalue weighted by Crippen LogP contribution is 2.40. The van der Waals surface area contributed by atoms with Crippen LogP contribution in [0.1, 0.15) is 51.9 Å². The molecule has 0 aromatic carbocycles. The molecule has 0 aromatic heterocycles. The number of carbonyl (C=O) groups excluding carboxylic acids is 1. The predicted molar refractivity (Wildman–Crippen MR) is 78.8 cm³/mol. The van der Waals surface area contributed by atoms with E-state index < -0.39 is 12.0 Å². The molecule has 0 spiro atoms. The monoisotopic (exact) mass is 294 g/mol. The molecule has 1 saturated carbocycles. The average molecular weight is 294 g/mol. The second-order valence-corrected chi connectivity index (χ2v) is 7.08. The summed E-state index contributed by atoms with van der Waals surface area (Å²) >= 11 is 0. The second kappa shape index (κ2) is 5.95. The molecular weight excluding hydrogens is 268 g/mol. The van der Waals surface area contributed by atoms with Crippen molar-refractivity contribution in [3.05, 3.63) is 0 Å². The van der Waals surface area contributed by atoms with Crippen molar-refractivity contribution in [1.82, 2.24) is 10.2 Å². The van der Waals surface area contributed by atoms with Gasteiger partial charge in [-0.3, -0.25) is 4.79 Å². The van der Waals surface area contributed by atoms with Crippen molar-refractivity contribution < 1.29 is 14.7 Å². The Bertz CT molecular complexity index is 426. The summed E-state index contributed by atoms with van der Waals surface area (Å²) in [5, 5.41) is 12.8. The highest BCUT2D eigenvalue weighted by atomic mass is 16.4. The number of hydrogen-bond donors (Lipinski definition) is 2. The normalized spacial score (nSPS) is 39.9. The van der Waals surface area contributed by atoms with E-state index in [1.807, 2.05) is 0 Å². The van der Waals surface area contributed by atoms with Gasteiger partial charge in [0.1, 0.15) is 6.04 Å². The van der Waals surface area contributed by atoms with E-state index in [9.17, 15) is 14.7 Å². The first-order valence-corrected chi connectivity index (χ1v) is 8.36. The standard InChI is InChI=1S/C16H26N2O3/c1-10-6-7-17-12(8-10)15(19)18-13-5-3-2-4-11(13)9-14(18)16(20)21/h10-14,17H,2-9H2,1H3,(H,20,21). The zero-order chi connectivity index (χ0) is 15.0. The molecule has 3 rings (SSSR count). The summed E-state index contributed by atoms with van der Waals surface area (Å²) in [5.74, 6) is 0.128. The molecule has 5 nitrogen and oxygen atoms in total. The van der Waals surface area contributed by atoms with Crippen molar-refractivity contribution >= 4 is 11.9 Å². The van der Waals surface area contributed by atoms with Gasteiger partial charge in [0.05, 0.1) is 6.04 Å². The van der Waals surface area contributed by atoms with Gasteiger partial charge < -0.3 is 15.3 Å². The number of likely N-dealkylation sites (tertiary alicyclic amines) is 1. The van der Waals surface area contributed by atoms with E-state index >= 15 is 0 Å². The number of amides is 1. The number of carbonyl (C=O) groups is 2. The molecule has 5 heteroatoms. The Balaban J connectivity index is 1.79. The Morgan fingerprint density at radius 3 is 2.62 bits per heavy atom. The fourth-order valence-corrected chi connectivity index (χ4v) is 4.47. The van der Waals surface area contributed by atoms with E-state index in [1.54, 1.807) is 4.90 Å². The highest BCUT2D eigenvalue weighted by Gasteiger charge is 2.49. The number of rotatable bonds is 2. The Hall–Kier alpha value is -1.10. The smallest absolute Gasteiger partial charge is 0.326 e. The number of aliphatic carboxylic acids is 1. The fourth-order valence-electron chi connectivity index (χ4n) is 4.47. The lowest BCUT2D eigenvalue weighted by molar-refractivity contribution is -0.151. The molecule has 2 saturated heterocycles. The first-order valence-electron chi connectivity index (χ1n) is 8.36. The third-order valence-electron chi connectivity index (χ3n) is 5.59. The fraction of sp³-hybridized carbons (Fsp3) is 0.875. The number of piperidine rings is 1. The molecule has 1 amide bonds. The minimum atomic E-state index is -0.832. The van der Waals surface area contributed by atoms with Crippen LogP contribution in [0.25, 0.3) is 0 Å². The molecular formula is C16H26N2O3. The maximum Gasteiger partial charge on any atom is 0.326 e. The molecule has 2 heterocycles. The minimum absolute atomic E-state index is 0.0309. The topological polar surface area (TPSA) is 69.6 Å². The number of carboxylic acids is 1. The van der Waals surface area contributed by atoms with E-state index in [0.717, 1.165) is 38.6 Å². The lowest BCUT2D eigenvalue weighted by Gasteiger charge is -2.37. The van der Waals surface area contributed by atoms with Gasteiger partial charge in [0, 0.05) is 6.04 Å². The van der Waals surface area contributed by atoms with Crippen LogP contribution in [-0.4, -0.2) is 46.6 Å². The maximum atomic E-state index is 12.9. The van der Waals surface area contributed by atoms with Gasteiger partial charge in [-0.2, -0.15) is 0 Å². The third kappa shape index (κ3) is 2.80. The Kier molecular flexibility index (Phi) is 4.20. The van der Waals surface area contributed by atoms with Crippen LogP contribution in [-0.2, 0) is 9.59 Å². The van der Waals surface area contributed by atoms with Crippen LogP contribution in [0.4, 0.5) is 0 Å². The molecule has 5 unspecified atom stereocenters. The van der Waals surface area contributed by atoms with E-state index in [1.165, 1.54) is 6.42 Å². The van der Waals surface area contributed by atoms with Gasteiger partial charge in [-0.25, -0.2) is 4.79 Å². The lowest BCUT2D eigenvalue weighted by Crippen LogP contribution is -2.55. The molecule has 2 aliphatic heterocycles. The van der Waals surface area contributed by atoms with Crippen LogP contribution in [0.15, 0.2) is 0 Å². The highest BCUT2D eigenvalue weighted by molar-refractivity contribution is 5.88. The molecule has 0 radical (unpaired) electrons. The summed E-state index contributed by atoms with van der Waals surface area (Å²) in [6, 6.07) is -0.632. The minimum Gasteiger partial charge on any atom is -0.480 e. The first-order chi connectivity index (χ1) is 10.1. The van der Waals surface area contributed by atoms with Crippen LogP contribution in [0.5, 0.6) is 0 Å². The quantitative estimate of drug-likeness (QED) is 0.812. The van der Waals surface area contributed by atoms with Gasteiger partial charge >= 0.3 is 5.97 Å². The predicted octanol–water partition coefficient (Wildman–Crippen LogP) is 1.62. The van der Waals surface area contributed by atoms with Gasteiger partial charge in [-0.05, 0) is 50.5 Å². The van der Waals surface area contributed by atoms with E-state index in [2.05, 4.69) is 12.2 Å². The summed E-state index contributed by atoms with van der Waals surface area (Å²) in [4.78, 5) is 26.2. The van der Waals surface area contributed by atoms with Crippen LogP contribution in [0.3, 0.4) is 0 Å². The first kappa shape index (κ1) is 14.8. The molecule has 3 aliphatic rings. The SMILES string of the molecule is CC1CCNC(C(=O)N2C(C(=O)O)CC3CCCCC32)C1. The molecule has 21 heavy (non-hydrogen) atoms. The van der Waals surface area contributed by atoms with Crippen molar-refractivity contribution in [2.24, 2.45) is 11.8 Å². The van der Waals surface area contributed by atoms with Crippen molar-refractivity contribution in [3.63, 3.8) is 0 Å². The van der Waals surface area contributed by atoms with Gasteiger partial charge in [0.15, 0.2) is 0 Å². The molecule has 2 N–H and O–H groups in total. The zero-order valence-corrected chi connectivity index (χ0v) is 12.8. The summed E-state index contributed by atoms with van der Waals surface area (Å²) in [6.07, 6.45) is 6.92. The van der Waals surface area contributed by atoms with E-state index in [0.29, 0.717) is 18.3 Å². The molecule has 3 fully saturated rings. The Morgan fingerprint density at radius 2 is 1.90 bits per heavy atom. The Labute approximate surface area is 126 Å². The largest absolute Gasteiger partial charge is 0.480 e. The second-order valence-electron chi connectivity index (χ2n) is 7.08. The number of nitrogens with zero attached hydrogens (tertiary/aromatic N) is 1. The zero-order valence-electron chi connectivity index (χ0n) is 12.8. The van der Waals surface area contributed by atoms with Crippen molar-refractivity contribution in [1.29, 1.82) is 0 Å². The van der Waals surface area contributed by atoms with E-state index in [4.69, 9.17) is 0 Å². The van der Waals surface area contributed by atoms with Gasteiger partial charge in [-0.1, -0.05) is 19.8 Å². The Morgan fingerprint density at radius 1 is 1.14 bits per heavy atom. The molecule has 5 atom stereocenters. The van der Waals surface area contributed by atoms with Crippen molar-refractivity contribution in [2.75, 3.05) is 6.54 Å². The van der Waals surface area contributed by atoms with Crippen LogP contribution in [0, 0.1) is 11.8 Å². The average Bonchev–Trinajstić information content (AvgIpc) is 2.86. The molecule has 0 aromatic rings. The summed E-state index contributed by atoms with van der Waals surface area (Å²) in [6.45, 7) is 3.03. The summed E-state index contributed by atoms with van der Waals surface area (Å²) in [5.41, 5.74) is 0. The van der Waals surface area contributed by atoms with Gasteiger partial charge in [-0.15, -0.1) is 0 Å². The molecule has 1 aliphatic carbocycles. The molecule has 118 valence electrons. The number of fused-ring (bicyclic) bond motifs is 1. The maximum absolute atomic E-state index is 12.9. The van der Waals surface area contributed by atoms with Crippen molar-refractivity contribution in [2.45, 2.75) is 70.0 Å². The van der Waals surface area contributed by atoms with Gasteiger partial charge in [0.2, 0.25) is 5.91 Å². The van der Waals surface area contributed by atoms with Crippen LogP contribution >= 0.6 is 0 Å². The summed E-state index contributed by atoms with van der Waals surface area (Å²) < 4.78 is 0. The van der Waals surface area contributed by atoms with Crippen LogP contribution in [0.2, 0.25) is 0 Å². The number of nitrogens with one attached hydrogen (secondary N) is 1.